The molecule has 1 heterocycles. The van der Waals surface area contributed by atoms with Gasteiger partial charge in [0.25, 0.3) is 0 Å². The Morgan fingerprint density at radius 1 is 1.00 bits per heavy atom. The molecule has 5 nitrogen and oxygen atoms in total. The highest BCUT2D eigenvalue weighted by Crippen LogP contribution is 2.24. The maximum Gasteiger partial charge on any atom is 0.410 e. The molecule has 0 unspecified atom stereocenters. The predicted molar refractivity (Wildman–Crippen MR) is 111 cm³/mol. The van der Waals surface area contributed by atoms with Gasteiger partial charge in [-0.3, -0.25) is 0 Å². The van der Waals surface area contributed by atoms with Crippen molar-refractivity contribution in [3.05, 3.63) is 41.5 Å². The van der Waals surface area contributed by atoms with Crippen molar-refractivity contribution in [2.75, 3.05) is 20.2 Å². The van der Waals surface area contributed by atoms with Crippen molar-refractivity contribution in [2.24, 2.45) is 0 Å². The second-order valence-corrected chi connectivity index (χ2v) is 6.47. The lowest BCUT2D eigenvalue weighted by molar-refractivity contribution is 0.0270. The molecule has 0 spiro atoms. The van der Waals surface area contributed by atoms with Crippen LogP contribution in [0.25, 0.3) is 5.57 Å². The van der Waals surface area contributed by atoms with E-state index in [0.29, 0.717) is 18.7 Å². The van der Waals surface area contributed by atoms with E-state index in [-0.39, 0.29) is 12.1 Å². The van der Waals surface area contributed by atoms with Gasteiger partial charge in [-0.25, -0.2) is 9.59 Å². The third kappa shape index (κ3) is 8.29. The number of hydrogen-bond donors (Lipinski definition) is 0. The molecule has 0 atom stereocenters. The van der Waals surface area contributed by atoms with Crippen molar-refractivity contribution in [3.8, 4) is 0 Å². The van der Waals surface area contributed by atoms with E-state index in [2.05, 4.69) is 0 Å². The van der Waals surface area contributed by atoms with Crippen LogP contribution in [0.15, 0.2) is 30.3 Å². The summed E-state index contributed by atoms with van der Waals surface area (Å²) in [6.45, 7) is 14.7. The first kappa shape index (κ1) is 24.7. The second kappa shape index (κ2) is 12.2. The summed E-state index contributed by atoms with van der Waals surface area (Å²) >= 11 is 0. The lowest BCUT2D eigenvalue weighted by Crippen LogP contribution is -2.39. The largest absolute Gasteiger partial charge is 0.465 e. The standard InChI is InChI=1S/C18H23NO4.2C2H6/c1-18(2,3)23-17(21)19-11-9-14(10-12-19)13-5-7-15(8-6-13)16(20)22-4;2*1-2/h5-9H,10-12H2,1-4H3;2*1-2H3. The Kier molecular flexibility index (Phi) is 11.1. The molecule has 0 radical (unpaired) electrons. The van der Waals surface area contributed by atoms with Crippen LogP contribution in [0.1, 0.15) is 70.8 Å². The average molecular weight is 378 g/mol. The van der Waals surface area contributed by atoms with E-state index in [0.717, 1.165) is 12.0 Å². The number of amides is 1. The van der Waals surface area contributed by atoms with Crippen molar-refractivity contribution < 1.29 is 19.1 Å². The third-order valence-electron chi connectivity index (χ3n) is 3.54. The monoisotopic (exact) mass is 377 g/mol. The zero-order valence-corrected chi connectivity index (χ0v) is 18.1. The van der Waals surface area contributed by atoms with Crippen LogP contribution in [0.4, 0.5) is 4.79 Å². The normalized spacial score (nSPS) is 13.2. The Morgan fingerprint density at radius 2 is 1.56 bits per heavy atom. The zero-order valence-electron chi connectivity index (χ0n) is 18.1. The summed E-state index contributed by atoms with van der Waals surface area (Å²) in [4.78, 5) is 25.2. The minimum Gasteiger partial charge on any atom is -0.465 e. The molecule has 0 aromatic heterocycles. The molecule has 1 aromatic rings. The van der Waals surface area contributed by atoms with Gasteiger partial charge in [0, 0.05) is 13.1 Å². The van der Waals surface area contributed by atoms with E-state index in [1.807, 2.05) is 66.7 Å². The van der Waals surface area contributed by atoms with Gasteiger partial charge in [-0.05, 0) is 50.5 Å². The lowest BCUT2D eigenvalue weighted by Gasteiger charge is -2.29. The summed E-state index contributed by atoms with van der Waals surface area (Å²) in [5, 5.41) is 0. The molecule has 0 saturated heterocycles. The van der Waals surface area contributed by atoms with E-state index in [9.17, 15) is 9.59 Å². The number of rotatable bonds is 2. The Morgan fingerprint density at radius 3 is 1.96 bits per heavy atom. The first-order valence-electron chi connectivity index (χ1n) is 9.66. The van der Waals surface area contributed by atoms with Crippen molar-refractivity contribution in [3.63, 3.8) is 0 Å². The first-order chi connectivity index (χ1) is 12.8. The van der Waals surface area contributed by atoms with Crippen LogP contribution >= 0.6 is 0 Å². The van der Waals surface area contributed by atoms with Crippen LogP contribution < -0.4 is 0 Å². The van der Waals surface area contributed by atoms with E-state index < -0.39 is 5.60 Å². The van der Waals surface area contributed by atoms with Crippen LogP contribution in [0, 0.1) is 0 Å². The number of esters is 1. The molecule has 1 aliphatic heterocycles. The smallest absolute Gasteiger partial charge is 0.410 e. The summed E-state index contributed by atoms with van der Waals surface area (Å²) in [5.74, 6) is -0.342. The van der Waals surface area contributed by atoms with Crippen LogP contribution in [0.2, 0.25) is 0 Å². The van der Waals surface area contributed by atoms with Crippen LogP contribution in [0.5, 0.6) is 0 Å². The molecule has 0 bridgehead atoms. The summed E-state index contributed by atoms with van der Waals surface area (Å²) in [6, 6.07) is 7.31. The fourth-order valence-corrected chi connectivity index (χ4v) is 2.36. The number of methoxy groups -OCH3 is 1. The van der Waals surface area contributed by atoms with Gasteiger partial charge in [-0.2, -0.15) is 0 Å². The summed E-state index contributed by atoms with van der Waals surface area (Å²) in [7, 11) is 1.37. The average Bonchev–Trinajstić information content (AvgIpc) is 2.69. The molecule has 2 rings (SSSR count). The van der Waals surface area contributed by atoms with Crippen molar-refractivity contribution in [2.45, 2.75) is 60.5 Å². The molecule has 0 fully saturated rings. The molecule has 27 heavy (non-hydrogen) atoms. The fourth-order valence-electron chi connectivity index (χ4n) is 2.36. The summed E-state index contributed by atoms with van der Waals surface area (Å²) < 4.78 is 10.1. The van der Waals surface area contributed by atoms with E-state index in [4.69, 9.17) is 9.47 Å². The van der Waals surface area contributed by atoms with Crippen molar-refractivity contribution in [1.82, 2.24) is 4.90 Å². The van der Waals surface area contributed by atoms with Crippen LogP contribution in [-0.2, 0) is 9.47 Å². The van der Waals surface area contributed by atoms with Crippen LogP contribution in [-0.4, -0.2) is 42.8 Å². The maximum absolute atomic E-state index is 12.0. The van der Waals surface area contributed by atoms with Gasteiger partial charge in [0.05, 0.1) is 12.7 Å². The van der Waals surface area contributed by atoms with Crippen molar-refractivity contribution in [1.29, 1.82) is 0 Å². The minimum absolute atomic E-state index is 0.283. The van der Waals surface area contributed by atoms with Gasteiger partial charge in [-0.15, -0.1) is 0 Å². The predicted octanol–water partition coefficient (Wildman–Crippen LogP) is 5.55. The Labute approximate surface area is 164 Å². The van der Waals surface area contributed by atoms with Crippen LogP contribution in [0.3, 0.4) is 0 Å². The molecule has 5 heteroatoms. The molecule has 0 aliphatic carbocycles. The maximum atomic E-state index is 12.0. The van der Waals surface area contributed by atoms with Gasteiger partial charge in [0.15, 0.2) is 0 Å². The summed E-state index contributed by atoms with van der Waals surface area (Å²) in [5.41, 5.74) is 2.27. The molecule has 0 N–H and O–H groups in total. The van der Waals surface area contributed by atoms with Gasteiger partial charge >= 0.3 is 12.1 Å². The molecular weight excluding hydrogens is 342 g/mol. The van der Waals surface area contributed by atoms with E-state index >= 15 is 0 Å². The van der Waals surface area contributed by atoms with E-state index in [1.165, 1.54) is 12.7 Å². The molecule has 152 valence electrons. The highest BCUT2D eigenvalue weighted by Gasteiger charge is 2.23. The number of hydrogen-bond acceptors (Lipinski definition) is 4. The SMILES string of the molecule is CC.CC.COC(=O)c1ccc(C2=CCN(C(=O)OC(C)(C)C)CC2)cc1. The van der Waals surface area contributed by atoms with E-state index in [1.54, 1.807) is 17.0 Å². The number of carbonyl (C=O) groups excluding carboxylic acids is 2. The van der Waals surface area contributed by atoms with Gasteiger partial charge in [0.2, 0.25) is 0 Å². The topological polar surface area (TPSA) is 55.8 Å². The number of benzene rings is 1. The van der Waals surface area contributed by atoms with Crippen molar-refractivity contribution >= 4 is 17.6 Å². The Balaban J connectivity index is 0.00000158. The Hall–Kier alpha value is -2.30. The molecule has 1 amide bonds. The number of carbonyl (C=O) groups is 2. The molecule has 1 aliphatic rings. The summed E-state index contributed by atoms with van der Waals surface area (Å²) in [6.07, 6.45) is 2.51. The second-order valence-electron chi connectivity index (χ2n) is 6.47. The van der Waals surface area contributed by atoms with Gasteiger partial charge < -0.3 is 14.4 Å². The minimum atomic E-state index is -0.481. The molecular formula is C22H35NO4. The Bertz CT molecular complexity index is 612. The molecule has 0 saturated carbocycles. The fraction of sp³-hybridized carbons (Fsp3) is 0.545. The van der Waals surface area contributed by atoms with Gasteiger partial charge in [0.1, 0.15) is 5.60 Å². The zero-order chi connectivity index (χ0) is 21.0. The number of nitrogens with zero attached hydrogens (tertiary/aromatic N) is 1. The third-order valence-corrected chi connectivity index (χ3v) is 3.54. The highest BCUT2D eigenvalue weighted by atomic mass is 16.6. The molecule has 1 aromatic carbocycles. The highest BCUT2D eigenvalue weighted by molar-refractivity contribution is 5.89. The first-order valence-corrected chi connectivity index (χ1v) is 9.66. The lowest BCUT2D eigenvalue weighted by atomic mass is 9.98. The quantitative estimate of drug-likeness (QED) is 0.634. The number of ether oxygens (including phenoxy) is 2. The van der Waals surface area contributed by atoms with Gasteiger partial charge in [-0.1, -0.05) is 45.9 Å².